The SMILES string of the molecule is Cc1c(C#N)c(C(F)(F)F)nc(N2CCCC(F)(F)CC2)c1C(=O)Nc1cccc(S)c1.NCCN. The number of carbonyl (C=O) groups is 1. The average Bonchev–Trinajstić information content (AvgIpc) is 2.98. The Labute approximate surface area is 211 Å². The van der Waals surface area contributed by atoms with Crippen molar-refractivity contribution >= 4 is 30.0 Å². The Kier molecular flexibility index (Phi) is 10.0. The van der Waals surface area contributed by atoms with Crippen LogP contribution in [-0.2, 0) is 6.18 Å². The maximum absolute atomic E-state index is 13.8. The maximum atomic E-state index is 13.8. The summed E-state index contributed by atoms with van der Waals surface area (Å²) in [5.41, 5.74) is 7.42. The average molecular weight is 531 g/mol. The zero-order valence-electron chi connectivity index (χ0n) is 19.5. The van der Waals surface area contributed by atoms with E-state index in [1.165, 1.54) is 24.0 Å². The van der Waals surface area contributed by atoms with Crippen LogP contribution in [-0.4, -0.2) is 43.0 Å². The molecule has 1 fully saturated rings. The van der Waals surface area contributed by atoms with E-state index in [-0.39, 0.29) is 36.5 Å². The zero-order chi connectivity index (χ0) is 27.1. The van der Waals surface area contributed by atoms with E-state index in [1.807, 2.05) is 0 Å². The first-order chi connectivity index (χ1) is 16.8. The lowest BCUT2D eigenvalue weighted by molar-refractivity contribution is -0.141. The van der Waals surface area contributed by atoms with Gasteiger partial charge in [-0.1, -0.05) is 6.07 Å². The molecule has 7 nitrogen and oxygen atoms in total. The highest BCUT2D eigenvalue weighted by atomic mass is 32.1. The number of halogens is 5. The first kappa shape index (κ1) is 29.3. The number of nitrogens with two attached hydrogens (primary N) is 2. The number of hydrogen-bond acceptors (Lipinski definition) is 7. The largest absolute Gasteiger partial charge is 0.434 e. The summed E-state index contributed by atoms with van der Waals surface area (Å²) < 4.78 is 68.6. The monoisotopic (exact) mass is 530 g/mol. The van der Waals surface area contributed by atoms with E-state index in [2.05, 4.69) is 22.9 Å². The van der Waals surface area contributed by atoms with E-state index in [4.69, 9.17) is 11.5 Å². The van der Waals surface area contributed by atoms with Crippen LogP contribution in [0, 0.1) is 18.3 Å². The van der Waals surface area contributed by atoms with Gasteiger partial charge >= 0.3 is 6.18 Å². The van der Waals surface area contributed by atoms with Crippen molar-refractivity contribution in [2.45, 2.75) is 43.2 Å². The molecule has 0 radical (unpaired) electrons. The van der Waals surface area contributed by atoms with Crippen molar-refractivity contribution < 1.29 is 26.7 Å². The summed E-state index contributed by atoms with van der Waals surface area (Å²) >= 11 is 4.18. The van der Waals surface area contributed by atoms with Gasteiger partial charge in [0.25, 0.3) is 5.91 Å². The quantitative estimate of drug-likeness (QED) is 0.345. The lowest BCUT2D eigenvalue weighted by atomic mass is 10.00. The summed E-state index contributed by atoms with van der Waals surface area (Å²) in [5, 5.41) is 11.9. The highest BCUT2D eigenvalue weighted by Crippen LogP contribution is 2.38. The highest BCUT2D eigenvalue weighted by Gasteiger charge is 2.40. The molecule has 1 aromatic heterocycles. The summed E-state index contributed by atoms with van der Waals surface area (Å²) in [6.45, 7) is 2.13. The normalized spacial score (nSPS) is 15.3. The van der Waals surface area contributed by atoms with Crippen molar-refractivity contribution in [3.63, 3.8) is 0 Å². The molecule has 1 amide bonds. The molecule has 1 saturated heterocycles. The molecule has 1 aliphatic rings. The topological polar surface area (TPSA) is 121 Å². The third-order valence-corrected chi connectivity index (χ3v) is 5.60. The lowest BCUT2D eigenvalue weighted by Gasteiger charge is -2.26. The number of aromatic nitrogens is 1. The Balaban J connectivity index is 0.00000106. The van der Waals surface area contributed by atoms with Crippen molar-refractivity contribution in [1.82, 2.24) is 4.98 Å². The molecule has 2 heterocycles. The Hall–Kier alpha value is -2.95. The molecule has 0 bridgehead atoms. The fraction of sp³-hybridized carbons (Fsp3) is 0.435. The summed E-state index contributed by atoms with van der Waals surface area (Å²) in [4.78, 5) is 18.5. The van der Waals surface area contributed by atoms with Crippen LogP contribution in [0.15, 0.2) is 29.2 Å². The molecular formula is C23H27F5N6OS. The Morgan fingerprint density at radius 1 is 1.25 bits per heavy atom. The molecule has 3 rings (SSSR count). The zero-order valence-corrected chi connectivity index (χ0v) is 20.4. The Bertz CT molecular complexity index is 1120. The minimum Gasteiger partial charge on any atom is -0.356 e. The second kappa shape index (κ2) is 12.3. The number of thiol groups is 1. The van der Waals surface area contributed by atoms with Crippen LogP contribution in [0.25, 0.3) is 0 Å². The number of benzene rings is 1. The van der Waals surface area contributed by atoms with Gasteiger partial charge in [0.1, 0.15) is 11.9 Å². The molecule has 13 heteroatoms. The van der Waals surface area contributed by atoms with Crippen LogP contribution in [0.4, 0.5) is 33.5 Å². The smallest absolute Gasteiger partial charge is 0.356 e. The van der Waals surface area contributed by atoms with E-state index in [1.54, 1.807) is 18.2 Å². The first-order valence-corrected chi connectivity index (χ1v) is 11.4. The Morgan fingerprint density at radius 3 is 2.47 bits per heavy atom. The van der Waals surface area contributed by atoms with E-state index in [0.29, 0.717) is 23.7 Å². The van der Waals surface area contributed by atoms with Gasteiger partial charge in [-0.2, -0.15) is 18.4 Å². The number of nitrogens with one attached hydrogen (secondary N) is 1. The molecule has 0 atom stereocenters. The minimum absolute atomic E-state index is 0.00235. The number of nitrogens with zero attached hydrogens (tertiary/aromatic N) is 3. The van der Waals surface area contributed by atoms with E-state index < -0.39 is 42.1 Å². The van der Waals surface area contributed by atoms with Crippen molar-refractivity contribution in [1.29, 1.82) is 5.26 Å². The minimum atomic E-state index is -4.96. The highest BCUT2D eigenvalue weighted by molar-refractivity contribution is 7.80. The Morgan fingerprint density at radius 2 is 1.92 bits per heavy atom. The van der Waals surface area contributed by atoms with Gasteiger partial charge in [-0.25, -0.2) is 13.8 Å². The number of anilines is 2. The van der Waals surface area contributed by atoms with E-state index in [9.17, 15) is 32.0 Å². The maximum Gasteiger partial charge on any atom is 0.434 e. The molecule has 0 spiro atoms. The van der Waals surface area contributed by atoms with Crippen LogP contribution < -0.4 is 21.7 Å². The van der Waals surface area contributed by atoms with Crippen LogP contribution >= 0.6 is 12.6 Å². The number of hydrogen-bond donors (Lipinski definition) is 4. The molecule has 1 aromatic carbocycles. The predicted molar refractivity (Wildman–Crippen MR) is 129 cm³/mol. The molecule has 1 aliphatic heterocycles. The van der Waals surface area contributed by atoms with Crippen molar-refractivity contribution in [3.05, 3.63) is 46.6 Å². The molecule has 0 aliphatic carbocycles. The summed E-state index contributed by atoms with van der Waals surface area (Å²) in [6.07, 6.45) is -5.95. The van der Waals surface area contributed by atoms with E-state index in [0.717, 1.165) is 0 Å². The van der Waals surface area contributed by atoms with Crippen LogP contribution in [0.1, 0.15) is 46.4 Å². The van der Waals surface area contributed by atoms with Crippen molar-refractivity contribution in [3.8, 4) is 6.07 Å². The second-order valence-corrected chi connectivity index (χ2v) is 8.56. The third kappa shape index (κ3) is 7.52. The third-order valence-electron chi connectivity index (χ3n) is 5.32. The number of rotatable bonds is 4. The second-order valence-electron chi connectivity index (χ2n) is 8.05. The summed E-state index contributed by atoms with van der Waals surface area (Å²) in [5.74, 6) is -4.13. The molecular weight excluding hydrogens is 503 g/mol. The van der Waals surface area contributed by atoms with Gasteiger partial charge in [0.2, 0.25) is 5.92 Å². The summed E-state index contributed by atoms with van der Waals surface area (Å²) in [7, 11) is 0. The van der Waals surface area contributed by atoms with Gasteiger partial charge in [0.05, 0.1) is 11.1 Å². The van der Waals surface area contributed by atoms with Crippen molar-refractivity contribution in [2.24, 2.45) is 11.5 Å². The van der Waals surface area contributed by atoms with Crippen LogP contribution in [0.3, 0.4) is 0 Å². The fourth-order valence-electron chi connectivity index (χ4n) is 3.58. The summed E-state index contributed by atoms with van der Waals surface area (Å²) in [6, 6.07) is 7.86. The first-order valence-electron chi connectivity index (χ1n) is 11.0. The molecule has 0 saturated carbocycles. The molecule has 2 aromatic rings. The predicted octanol–water partition coefficient (Wildman–Crippen LogP) is 4.35. The van der Waals surface area contributed by atoms with Crippen molar-refractivity contribution in [2.75, 3.05) is 36.4 Å². The van der Waals surface area contributed by atoms with Gasteiger partial charge in [-0.05, 0) is 37.1 Å². The molecule has 36 heavy (non-hydrogen) atoms. The van der Waals surface area contributed by atoms with Crippen LogP contribution in [0.5, 0.6) is 0 Å². The molecule has 0 unspecified atom stereocenters. The number of nitriles is 1. The van der Waals surface area contributed by atoms with Crippen LogP contribution in [0.2, 0.25) is 0 Å². The van der Waals surface area contributed by atoms with Gasteiger partial charge in [-0.15, -0.1) is 12.6 Å². The van der Waals surface area contributed by atoms with Gasteiger partial charge in [0, 0.05) is 49.6 Å². The molecule has 196 valence electrons. The van der Waals surface area contributed by atoms with Gasteiger partial charge in [-0.3, -0.25) is 4.79 Å². The van der Waals surface area contributed by atoms with Gasteiger partial charge in [0.15, 0.2) is 5.69 Å². The fourth-order valence-corrected chi connectivity index (χ4v) is 3.81. The number of carbonyl (C=O) groups excluding carboxylic acids is 1. The lowest BCUT2D eigenvalue weighted by Crippen LogP contribution is -2.31. The van der Waals surface area contributed by atoms with Gasteiger partial charge < -0.3 is 21.7 Å². The molecule has 5 N–H and O–H groups in total. The standard InChI is InChI=1S/C21H19F5N4OS.C2H8N2/c1-12-15(11-27)17(21(24,25)26)29-18(30-8-3-6-20(22,23)7-9-30)16(12)19(31)28-13-4-2-5-14(32)10-13;3-1-2-4/h2,4-5,10,32H,3,6-9H2,1H3,(H,28,31);1-4H2. The number of amides is 1. The number of alkyl halides is 5. The number of pyridine rings is 1. The van der Waals surface area contributed by atoms with E-state index >= 15 is 0 Å².